The van der Waals surface area contributed by atoms with Gasteiger partial charge in [-0.15, -0.1) is 11.3 Å². The highest BCUT2D eigenvalue weighted by Gasteiger charge is 2.53. The fraction of sp³-hybridized carbons (Fsp3) is 0.436. The normalized spacial score (nSPS) is 24.6. The first-order valence-electron chi connectivity index (χ1n) is 19.0. The van der Waals surface area contributed by atoms with Gasteiger partial charge in [-0.1, -0.05) is 17.7 Å². The summed E-state index contributed by atoms with van der Waals surface area (Å²) in [4.78, 5) is 32.3. The van der Waals surface area contributed by atoms with Gasteiger partial charge in [0, 0.05) is 53.5 Å². The fourth-order valence-electron chi connectivity index (χ4n) is 9.75. The molecule has 4 atom stereocenters. The zero-order chi connectivity index (χ0) is 41.5. The molecular formula is C39H35ClF6N10O2S. The number of benzene rings is 2. The fourth-order valence-corrected chi connectivity index (χ4v) is 11.0. The van der Waals surface area contributed by atoms with Gasteiger partial charge in [0.25, 0.3) is 6.08 Å². The first-order valence-corrected chi connectivity index (χ1v) is 20.2. The number of halogens is 7. The lowest BCUT2D eigenvalue weighted by Gasteiger charge is -2.47. The standard InChI is InChI=1S/C39H35ClF6N10O2S/c1-19-10-38(7-5-20(32(43)44)14-55(38)37(57)56-18-49-17-50-56)15-54(19)35-23-9-25(40)28(22-3-4-26(41)31-27(22)24(12-47)34(48)59-31)29(42)30(23)51-36(52-35)58-16-39-6-2-8-53(39)13-21(11-39)33(45)46/h3-4,9,17-20,32H,2,5-8,10-11,13-16,48H2,1H3/t19?,20?,38-,39+/m1/s1. The Hall–Kier alpha value is -5.19. The van der Waals surface area contributed by atoms with E-state index in [2.05, 4.69) is 15.1 Å². The molecule has 59 heavy (non-hydrogen) atoms. The van der Waals surface area contributed by atoms with E-state index in [1.165, 1.54) is 29.7 Å². The van der Waals surface area contributed by atoms with Crippen molar-refractivity contribution in [2.45, 2.75) is 69.0 Å². The van der Waals surface area contributed by atoms with Gasteiger partial charge < -0.3 is 20.3 Å². The summed E-state index contributed by atoms with van der Waals surface area (Å²) in [5, 5.41) is 14.1. The quantitative estimate of drug-likeness (QED) is 0.166. The predicted octanol–water partition coefficient (Wildman–Crippen LogP) is 8.24. The van der Waals surface area contributed by atoms with Crippen LogP contribution < -0.4 is 15.4 Å². The van der Waals surface area contributed by atoms with Crippen molar-refractivity contribution in [2.75, 3.05) is 43.4 Å². The van der Waals surface area contributed by atoms with Gasteiger partial charge in [0.2, 0.25) is 6.43 Å². The Kier molecular flexibility index (Phi) is 9.67. The molecule has 0 radical (unpaired) electrons. The van der Waals surface area contributed by atoms with E-state index < -0.39 is 53.2 Å². The highest BCUT2D eigenvalue weighted by Crippen LogP contribution is 2.49. The van der Waals surface area contributed by atoms with Crippen LogP contribution in [0.15, 0.2) is 42.5 Å². The van der Waals surface area contributed by atoms with Crippen molar-refractivity contribution < 1.29 is 35.9 Å². The molecule has 1 spiro atoms. The van der Waals surface area contributed by atoms with E-state index in [9.17, 15) is 27.6 Å². The van der Waals surface area contributed by atoms with E-state index in [4.69, 9.17) is 27.1 Å². The van der Waals surface area contributed by atoms with Gasteiger partial charge in [0.05, 0.1) is 26.4 Å². The number of nitrogens with zero attached hydrogens (tertiary/aromatic N) is 9. The molecule has 12 nitrogen and oxygen atoms in total. The Labute approximate surface area is 341 Å². The van der Waals surface area contributed by atoms with Crippen LogP contribution in [-0.4, -0.2) is 96.9 Å². The number of carbonyl (C=O) groups excluding carboxylic acids is 1. The number of hydrogen-bond acceptors (Lipinski definition) is 11. The molecular weight excluding hydrogens is 822 g/mol. The first kappa shape index (κ1) is 39.3. The number of amides is 1. The lowest BCUT2D eigenvalue weighted by molar-refractivity contribution is -0.00784. The van der Waals surface area contributed by atoms with Crippen molar-refractivity contribution in [3.05, 3.63) is 64.7 Å². The molecule has 308 valence electrons. The van der Waals surface area contributed by atoms with E-state index in [-0.39, 0.29) is 111 Å². The zero-order valence-corrected chi connectivity index (χ0v) is 32.9. The van der Waals surface area contributed by atoms with Gasteiger partial charge >= 0.3 is 12.0 Å². The van der Waals surface area contributed by atoms with Gasteiger partial charge in [-0.05, 0) is 69.7 Å². The summed E-state index contributed by atoms with van der Waals surface area (Å²) in [7, 11) is 0. The second-order valence-corrected chi connectivity index (χ2v) is 17.3. The van der Waals surface area contributed by atoms with E-state index in [1.807, 2.05) is 22.8 Å². The van der Waals surface area contributed by atoms with Crippen molar-refractivity contribution in [1.29, 1.82) is 5.26 Å². The Morgan fingerprint density at radius 2 is 2.03 bits per heavy atom. The van der Waals surface area contributed by atoms with Crippen LogP contribution in [0.25, 0.3) is 32.1 Å². The van der Waals surface area contributed by atoms with Crippen LogP contribution in [0.3, 0.4) is 0 Å². The van der Waals surface area contributed by atoms with Gasteiger partial charge in [0.1, 0.15) is 47.5 Å². The van der Waals surface area contributed by atoms with Crippen LogP contribution in [0, 0.1) is 28.9 Å². The summed E-state index contributed by atoms with van der Waals surface area (Å²) in [6, 6.07) is 4.61. The molecule has 5 aromatic rings. The third-order valence-corrected chi connectivity index (χ3v) is 13.9. The van der Waals surface area contributed by atoms with E-state index >= 15 is 8.78 Å². The number of ether oxygens (including phenoxy) is 1. The molecule has 4 saturated heterocycles. The largest absolute Gasteiger partial charge is 0.461 e. The number of rotatable bonds is 6. The van der Waals surface area contributed by atoms with E-state index in [0.717, 1.165) is 28.5 Å². The van der Waals surface area contributed by atoms with Crippen LogP contribution in [0.5, 0.6) is 6.01 Å². The molecule has 7 heterocycles. The lowest BCUT2D eigenvalue weighted by Crippen LogP contribution is -2.60. The third-order valence-electron chi connectivity index (χ3n) is 12.6. The summed E-state index contributed by atoms with van der Waals surface area (Å²) < 4.78 is 95.8. The monoisotopic (exact) mass is 856 g/mol. The van der Waals surface area contributed by atoms with Crippen molar-refractivity contribution in [1.82, 2.24) is 34.5 Å². The molecule has 2 unspecified atom stereocenters. The van der Waals surface area contributed by atoms with Crippen molar-refractivity contribution in [3.63, 3.8) is 0 Å². The molecule has 4 aliphatic heterocycles. The van der Waals surface area contributed by atoms with E-state index in [0.29, 0.717) is 19.4 Å². The number of piperidine rings is 1. The Bertz CT molecular complexity index is 2600. The first-order chi connectivity index (χ1) is 28.2. The maximum atomic E-state index is 17.4. The second-order valence-electron chi connectivity index (χ2n) is 15.9. The summed E-state index contributed by atoms with van der Waals surface area (Å²) in [6.45, 7) is 2.34. The van der Waals surface area contributed by atoms with Gasteiger partial charge in [-0.3, -0.25) is 4.90 Å². The number of alkyl halides is 2. The molecule has 20 heteroatoms. The van der Waals surface area contributed by atoms with Crippen molar-refractivity contribution in [3.8, 4) is 23.2 Å². The number of fused-ring (bicyclic) bond motifs is 3. The minimum atomic E-state index is -2.67. The van der Waals surface area contributed by atoms with Crippen molar-refractivity contribution in [2.24, 2.45) is 5.92 Å². The van der Waals surface area contributed by atoms with Gasteiger partial charge in [0.15, 0.2) is 5.82 Å². The van der Waals surface area contributed by atoms with Crippen LogP contribution in [0.1, 0.15) is 51.0 Å². The summed E-state index contributed by atoms with van der Waals surface area (Å²) in [5.41, 5.74) is 4.02. The van der Waals surface area contributed by atoms with Crippen LogP contribution >= 0.6 is 22.9 Å². The minimum absolute atomic E-state index is 0.0258. The third kappa shape index (κ3) is 6.33. The summed E-state index contributed by atoms with van der Waals surface area (Å²) >= 11 is 7.78. The number of nitrogen functional groups attached to an aromatic ring is 1. The number of likely N-dealkylation sites (tertiary alicyclic amines) is 1. The molecule has 4 fully saturated rings. The lowest BCUT2D eigenvalue weighted by atomic mass is 9.80. The number of anilines is 2. The summed E-state index contributed by atoms with van der Waals surface area (Å²) in [5.74, 6) is -2.49. The molecule has 4 aliphatic rings. The highest BCUT2D eigenvalue weighted by molar-refractivity contribution is 7.23. The molecule has 0 aliphatic carbocycles. The highest BCUT2D eigenvalue weighted by atomic mass is 35.5. The Morgan fingerprint density at radius 1 is 1.22 bits per heavy atom. The van der Waals surface area contributed by atoms with Gasteiger partial charge in [-0.25, -0.2) is 27.3 Å². The molecule has 1 amide bonds. The number of carbonyl (C=O) groups is 1. The van der Waals surface area contributed by atoms with Gasteiger partial charge in [-0.2, -0.15) is 33.8 Å². The smallest absolute Gasteiger partial charge is 0.346 e. The molecule has 0 saturated carbocycles. The average molecular weight is 857 g/mol. The van der Waals surface area contributed by atoms with Crippen LogP contribution in [-0.2, 0) is 0 Å². The number of nitrogens with two attached hydrogens (primary N) is 1. The van der Waals surface area contributed by atoms with Crippen LogP contribution in [0.2, 0.25) is 5.02 Å². The minimum Gasteiger partial charge on any atom is -0.461 e. The average Bonchev–Trinajstić information content (AvgIpc) is 4.04. The molecule has 2 N–H and O–H groups in total. The number of nitriles is 1. The SMILES string of the molecule is CC1C[C@]2(CCC(C(F)F)CN2C(=O)n2cncn2)CN1c1nc(OC[C@@]23CCCN2CC(=C(F)F)C3)nc2c(F)c(-c3ccc(F)c4sc(N)c(C#N)c34)c(Cl)cc12. The molecule has 3 aromatic heterocycles. The summed E-state index contributed by atoms with van der Waals surface area (Å²) in [6.07, 6.45) is 0.0871. The maximum absolute atomic E-state index is 17.4. The Morgan fingerprint density at radius 3 is 2.76 bits per heavy atom. The second kappa shape index (κ2) is 14.5. The number of thiophene rings is 1. The number of hydrogen-bond donors (Lipinski definition) is 1. The zero-order valence-electron chi connectivity index (χ0n) is 31.4. The van der Waals surface area contributed by atoms with Crippen LogP contribution in [0.4, 0.5) is 42.0 Å². The molecule has 2 aromatic carbocycles. The maximum Gasteiger partial charge on any atom is 0.346 e. The topological polar surface area (TPSA) is 142 Å². The van der Waals surface area contributed by atoms with Crippen molar-refractivity contribution >= 4 is 60.8 Å². The van der Waals surface area contributed by atoms with E-state index in [1.54, 1.807) is 0 Å². The molecule has 9 rings (SSSR count). The Balaban J connectivity index is 1.18. The molecule has 0 bridgehead atoms. The number of aromatic nitrogens is 5. The predicted molar refractivity (Wildman–Crippen MR) is 208 cm³/mol.